The van der Waals surface area contributed by atoms with E-state index in [0.29, 0.717) is 5.94 Å². The molecule has 3 heteroatoms. The Bertz CT molecular complexity index is 10.0. The summed E-state index contributed by atoms with van der Waals surface area (Å²) in [5.74, 6) is 0.427. The first-order valence-corrected chi connectivity index (χ1v) is 1.85. The van der Waals surface area contributed by atoms with Gasteiger partial charge < -0.3 is 4.43 Å². The van der Waals surface area contributed by atoms with E-state index >= 15 is 0 Å². The zero-order valence-corrected chi connectivity index (χ0v) is 3.96. The van der Waals surface area contributed by atoms with Crippen molar-refractivity contribution in [3.05, 3.63) is 0 Å². The molecule has 0 atom stereocenters. The lowest BCUT2D eigenvalue weighted by Gasteiger charge is -1.75. The molecule has 0 amide bonds. The fraction of sp³-hybridized carbons (Fsp3) is 1.00. The Morgan fingerprint density at radius 2 is 2.25 bits per heavy atom. The largest absolute Gasteiger partial charge is 0.410 e. The third kappa shape index (κ3) is 2.53. The van der Waals surface area contributed by atoms with Crippen LogP contribution in [0.15, 0.2) is 0 Å². The third-order valence-corrected chi connectivity index (χ3v) is 0.581. The van der Waals surface area contributed by atoms with E-state index in [-0.39, 0.29) is 0 Å². The zero-order valence-electron chi connectivity index (χ0n) is 2.06. The van der Waals surface area contributed by atoms with E-state index in [1.807, 2.05) is 0 Å². The van der Waals surface area contributed by atoms with E-state index in [1.54, 1.807) is 0 Å². The van der Waals surface area contributed by atoms with Crippen LogP contribution in [0.2, 0.25) is 0 Å². The van der Waals surface area contributed by atoms with Crippen molar-refractivity contribution in [2.75, 3.05) is 5.94 Å². The van der Waals surface area contributed by atoms with Crippen molar-refractivity contribution in [2.24, 2.45) is 0 Å². The maximum Gasteiger partial charge on any atom is 0.247 e. The van der Waals surface area contributed by atoms with Gasteiger partial charge in [-0.25, -0.2) is 0 Å². The summed E-state index contributed by atoms with van der Waals surface area (Å²) in [6, 6.07) is 0. The zero-order chi connectivity index (χ0) is 3.41. The Balaban J connectivity index is 1.97. The standard InChI is InChI=1S/CH3OSSi/c3-1-2-4/h3H,1H2. The van der Waals surface area contributed by atoms with Crippen molar-refractivity contribution in [1.29, 1.82) is 0 Å². The molecule has 0 aliphatic heterocycles. The van der Waals surface area contributed by atoms with Crippen LogP contribution in [0.1, 0.15) is 0 Å². The van der Waals surface area contributed by atoms with E-state index < -0.39 is 0 Å². The van der Waals surface area contributed by atoms with Crippen LogP contribution in [0.4, 0.5) is 0 Å². The first-order valence-electron chi connectivity index (χ1n) is 0.809. The maximum atomic E-state index is 4.21. The number of hydrogen-bond donors (Lipinski definition) is 1. The van der Waals surface area contributed by atoms with Crippen molar-refractivity contribution in [3.63, 3.8) is 0 Å². The first-order chi connectivity index (χ1) is 1.91. The van der Waals surface area contributed by atoms with Crippen LogP contribution in [-0.4, -0.2) is 16.4 Å². The number of rotatable bonds is 1. The Morgan fingerprint density at radius 3 is 2.25 bits per heavy atom. The Morgan fingerprint density at radius 1 is 2.00 bits per heavy atom. The SMILES string of the molecule is [Si]OCS. The van der Waals surface area contributed by atoms with Gasteiger partial charge in [0.1, 0.15) is 0 Å². The average Bonchev–Trinajstić information content (AvgIpc) is 1.37. The molecule has 23 valence electrons. The minimum atomic E-state index is 0.427. The molecule has 0 fully saturated rings. The molecule has 0 N–H and O–H groups in total. The second kappa shape index (κ2) is 3.53. The van der Waals surface area contributed by atoms with Gasteiger partial charge in [0, 0.05) is 0 Å². The Kier molecular flexibility index (Phi) is 3.99. The lowest BCUT2D eigenvalue weighted by molar-refractivity contribution is 0.438. The minimum absolute atomic E-state index is 0.427. The van der Waals surface area contributed by atoms with Crippen molar-refractivity contribution >= 4 is 23.1 Å². The fourth-order valence-corrected chi connectivity index (χ4v) is 0. The molecule has 0 unspecified atom stereocenters. The highest BCUT2D eigenvalue weighted by atomic mass is 32.1. The number of thiol groups is 1. The van der Waals surface area contributed by atoms with Gasteiger partial charge in [-0.3, -0.25) is 0 Å². The van der Waals surface area contributed by atoms with Crippen molar-refractivity contribution in [2.45, 2.75) is 0 Å². The van der Waals surface area contributed by atoms with Gasteiger partial charge in [0.15, 0.2) is 0 Å². The third-order valence-electron chi connectivity index (χ3n) is 0.0645. The summed E-state index contributed by atoms with van der Waals surface area (Å²) in [6.45, 7) is 0. The molecule has 0 saturated heterocycles. The summed E-state index contributed by atoms with van der Waals surface area (Å²) in [4.78, 5) is 0. The van der Waals surface area contributed by atoms with E-state index in [0.717, 1.165) is 0 Å². The van der Waals surface area contributed by atoms with Crippen LogP contribution >= 0.6 is 12.6 Å². The van der Waals surface area contributed by atoms with Crippen LogP contribution in [0.5, 0.6) is 0 Å². The molecule has 0 rings (SSSR count). The summed E-state index contributed by atoms with van der Waals surface area (Å²) in [5.41, 5.74) is 0. The lowest BCUT2D eigenvalue weighted by atomic mass is 11.7. The highest BCUT2D eigenvalue weighted by Gasteiger charge is 1.53. The summed E-state index contributed by atoms with van der Waals surface area (Å²) in [6.07, 6.45) is 0. The van der Waals surface area contributed by atoms with E-state index in [2.05, 4.69) is 27.5 Å². The quantitative estimate of drug-likeness (QED) is 0.271. The van der Waals surface area contributed by atoms with Crippen LogP contribution in [0.25, 0.3) is 0 Å². The van der Waals surface area contributed by atoms with Gasteiger partial charge in [-0.1, -0.05) is 0 Å². The van der Waals surface area contributed by atoms with Crippen LogP contribution in [-0.2, 0) is 4.43 Å². The monoisotopic (exact) mass is 91.0 g/mol. The maximum absolute atomic E-state index is 4.21. The summed E-state index contributed by atoms with van der Waals surface area (Å²) < 4.78 is 4.21. The second-order valence-electron chi connectivity index (χ2n) is 0.273. The van der Waals surface area contributed by atoms with E-state index in [1.165, 1.54) is 0 Å². The minimum Gasteiger partial charge on any atom is -0.410 e. The second-order valence-corrected chi connectivity index (χ2v) is 0.820. The molecule has 1 nitrogen and oxygen atoms in total. The molecular formula is CH3OSSi. The van der Waals surface area contributed by atoms with Crippen molar-refractivity contribution < 1.29 is 4.43 Å². The predicted octanol–water partition coefficient (Wildman–Crippen LogP) is -0.0262. The molecule has 3 radical (unpaired) electrons. The molecule has 0 aromatic carbocycles. The van der Waals surface area contributed by atoms with Gasteiger partial charge in [-0.05, 0) is 0 Å². The highest BCUT2D eigenvalue weighted by Crippen LogP contribution is 1.64. The van der Waals surface area contributed by atoms with Gasteiger partial charge in [-0.15, -0.1) is 0 Å². The summed E-state index contributed by atoms with van der Waals surface area (Å²) in [7, 11) is 2.71. The lowest BCUT2D eigenvalue weighted by Crippen LogP contribution is -1.72. The van der Waals surface area contributed by atoms with Crippen molar-refractivity contribution in [1.82, 2.24) is 0 Å². The highest BCUT2D eigenvalue weighted by molar-refractivity contribution is 7.80. The molecule has 0 heterocycles. The van der Waals surface area contributed by atoms with Crippen LogP contribution in [0, 0.1) is 0 Å². The number of hydrogen-bond acceptors (Lipinski definition) is 2. The van der Waals surface area contributed by atoms with Gasteiger partial charge in [-0.2, -0.15) is 12.6 Å². The smallest absolute Gasteiger partial charge is 0.247 e. The molecular weight excluding hydrogens is 88.2 g/mol. The predicted molar refractivity (Wildman–Crippen MR) is 20.7 cm³/mol. The normalized spacial score (nSPS) is 7.50. The molecule has 0 aliphatic carbocycles. The van der Waals surface area contributed by atoms with Gasteiger partial charge in [0.05, 0.1) is 5.94 Å². The summed E-state index contributed by atoms with van der Waals surface area (Å²) in [5, 5.41) is 0. The molecule has 0 saturated carbocycles. The topological polar surface area (TPSA) is 9.23 Å². The first kappa shape index (κ1) is 4.53. The van der Waals surface area contributed by atoms with Crippen LogP contribution < -0.4 is 0 Å². The van der Waals surface area contributed by atoms with Crippen molar-refractivity contribution in [3.8, 4) is 0 Å². The van der Waals surface area contributed by atoms with Gasteiger partial charge in [0.2, 0.25) is 10.5 Å². The van der Waals surface area contributed by atoms with Crippen LogP contribution in [0.3, 0.4) is 0 Å². The molecule has 0 spiro atoms. The summed E-state index contributed by atoms with van der Waals surface area (Å²) >= 11 is 3.65. The fourth-order valence-electron chi connectivity index (χ4n) is 0. The molecule has 4 heavy (non-hydrogen) atoms. The molecule has 0 aliphatic rings. The molecule has 0 aromatic rings. The van der Waals surface area contributed by atoms with E-state index in [9.17, 15) is 0 Å². The molecule has 0 aromatic heterocycles. The van der Waals surface area contributed by atoms with Gasteiger partial charge >= 0.3 is 0 Å². The average molecular weight is 91.2 g/mol. The molecule has 0 bridgehead atoms. The van der Waals surface area contributed by atoms with Gasteiger partial charge in [0.25, 0.3) is 0 Å². The van der Waals surface area contributed by atoms with E-state index in [4.69, 9.17) is 0 Å². The Labute approximate surface area is 34.3 Å². The Hall–Kier alpha value is 0.527.